The van der Waals surface area contributed by atoms with E-state index in [1.165, 1.54) is 10.7 Å². The molecule has 0 aliphatic heterocycles. The summed E-state index contributed by atoms with van der Waals surface area (Å²) in [6.07, 6.45) is 1.89. The summed E-state index contributed by atoms with van der Waals surface area (Å²) in [4.78, 5) is 4.53. The van der Waals surface area contributed by atoms with Crippen LogP contribution in [-0.2, 0) is 17.1 Å². The van der Waals surface area contributed by atoms with Crippen LogP contribution in [-0.4, -0.2) is 10.1 Å². The van der Waals surface area contributed by atoms with Crippen LogP contribution in [0.1, 0.15) is 20.8 Å². The van der Waals surface area contributed by atoms with Crippen LogP contribution in [0.2, 0.25) is 0 Å². The molecule has 0 N–H and O–H groups in total. The van der Waals surface area contributed by atoms with Crippen molar-refractivity contribution in [2.75, 3.05) is 0 Å². The third-order valence-corrected chi connectivity index (χ3v) is 5.89. The van der Waals surface area contributed by atoms with Gasteiger partial charge in [-0.05, 0) is 17.3 Å². The number of aromatic nitrogens is 1. The van der Waals surface area contributed by atoms with Crippen LogP contribution in [0.25, 0.3) is 0 Å². The van der Waals surface area contributed by atoms with E-state index in [9.17, 15) is 0 Å². The van der Waals surface area contributed by atoms with Crippen molar-refractivity contribution in [2.24, 2.45) is 0 Å². The summed E-state index contributed by atoms with van der Waals surface area (Å²) in [6, 6.07) is 24.8. The molecular weight excluding hydrogens is 329 g/mol. The van der Waals surface area contributed by atoms with E-state index in [1.54, 1.807) is 0 Å². The maximum Gasteiger partial charge on any atom is 0.0562 e. The average molecular weight is 351 g/mol. The molecule has 1 heterocycles. The summed E-state index contributed by atoms with van der Waals surface area (Å²) in [5.74, 6) is 0. The van der Waals surface area contributed by atoms with Gasteiger partial charge in [-0.25, -0.2) is 12.1 Å². The third kappa shape index (κ3) is 5.54. The van der Waals surface area contributed by atoms with Gasteiger partial charge in [-0.3, -0.25) is 4.98 Å². The second-order valence-corrected chi connectivity index (χ2v) is 8.79. The molecule has 1 nitrogen and oxygen atoms in total. The molecule has 0 amide bonds. The molecule has 3 rings (SSSR count). The summed E-state index contributed by atoms with van der Waals surface area (Å²) in [5.41, 5.74) is 1.22. The SMILES string of the molecule is CC(C)(C)P(c1ccccn1)[c-]1cccc1.[Fe].[cH-]1[cH-][cH-][cH-][cH-]1. The third-order valence-electron chi connectivity index (χ3n) is 3.01. The summed E-state index contributed by atoms with van der Waals surface area (Å²) in [5, 5.41) is 1.67. The van der Waals surface area contributed by atoms with E-state index in [1.807, 2.05) is 42.6 Å². The standard InChI is InChI=1S/C14H17NP.C5H5.Fe/c1-14(2,3)16(12-8-4-5-9-12)13-10-6-7-11-15-13;1-2-4-5-3-1;/h4-11H,1-3H3;1-5H;/q-1;-5;. The van der Waals surface area contributed by atoms with Crippen molar-refractivity contribution in [1.82, 2.24) is 4.98 Å². The van der Waals surface area contributed by atoms with Crippen LogP contribution < -0.4 is 10.7 Å². The molecule has 0 radical (unpaired) electrons. The Kier molecular flexibility index (Phi) is 7.76. The molecule has 3 heteroatoms. The topological polar surface area (TPSA) is 12.9 Å². The van der Waals surface area contributed by atoms with Crippen molar-refractivity contribution in [3.63, 3.8) is 0 Å². The molecule has 2 aromatic carbocycles. The zero-order valence-electron chi connectivity index (χ0n) is 13.3. The van der Waals surface area contributed by atoms with Crippen molar-refractivity contribution >= 4 is 18.7 Å². The predicted octanol–water partition coefficient (Wildman–Crippen LogP) is 4.43. The number of nitrogens with zero attached hydrogens (tertiary/aromatic N) is 1. The van der Waals surface area contributed by atoms with Gasteiger partial charge in [-0.2, -0.15) is 12.1 Å². The zero-order valence-corrected chi connectivity index (χ0v) is 15.3. The molecule has 1 atom stereocenters. The Bertz CT molecular complexity index is 577. The Morgan fingerprint density at radius 3 is 1.86 bits per heavy atom. The first-order chi connectivity index (χ1) is 10.1. The Labute approximate surface area is 145 Å². The number of hydrogen-bond donors (Lipinski definition) is 0. The first-order valence-electron chi connectivity index (χ1n) is 7.19. The fourth-order valence-electron chi connectivity index (χ4n) is 2.18. The van der Waals surface area contributed by atoms with Gasteiger partial charge in [-0.15, -0.1) is 5.30 Å². The smallest absolute Gasteiger partial charge is 0.0562 e. The van der Waals surface area contributed by atoms with E-state index in [0.717, 1.165) is 0 Å². The molecule has 3 aromatic rings. The van der Waals surface area contributed by atoms with Gasteiger partial charge in [0.05, 0.1) is 5.44 Å². The summed E-state index contributed by atoms with van der Waals surface area (Å²) < 4.78 is 0. The second kappa shape index (κ2) is 9.05. The van der Waals surface area contributed by atoms with Crippen molar-refractivity contribution in [1.29, 1.82) is 0 Å². The first-order valence-corrected chi connectivity index (χ1v) is 8.53. The fraction of sp³-hybridized carbons (Fsp3) is 0.211. The van der Waals surface area contributed by atoms with Crippen LogP contribution in [0.5, 0.6) is 0 Å². The molecule has 1 aromatic heterocycles. The maximum absolute atomic E-state index is 4.53. The molecule has 0 aliphatic rings. The molecule has 0 fully saturated rings. The van der Waals surface area contributed by atoms with Gasteiger partial charge in [0.1, 0.15) is 0 Å². The van der Waals surface area contributed by atoms with Crippen molar-refractivity contribution in [3.05, 3.63) is 79.0 Å². The molecule has 0 saturated heterocycles. The minimum Gasteiger partial charge on any atom is -0.748 e. The van der Waals surface area contributed by atoms with Gasteiger partial charge in [0.25, 0.3) is 0 Å². The summed E-state index contributed by atoms with van der Waals surface area (Å²) >= 11 is 0. The van der Waals surface area contributed by atoms with Crippen LogP contribution in [0.4, 0.5) is 0 Å². The maximum atomic E-state index is 4.53. The van der Waals surface area contributed by atoms with Gasteiger partial charge >= 0.3 is 0 Å². The van der Waals surface area contributed by atoms with Gasteiger partial charge < -0.3 is 30.3 Å². The molecule has 0 bridgehead atoms. The molecule has 0 aliphatic carbocycles. The molecular formula is C19H22FeNP-6. The average Bonchev–Trinajstić information content (AvgIpc) is 3.15. The van der Waals surface area contributed by atoms with Crippen molar-refractivity contribution in [3.8, 4) is 0 Å². The fourth-order valence-corrected chi connectivity index (χ4v) is 4.80. The van der Waals surface area contributed by atoms with Crippen LogP contribution in [0, 0.1) is 0 Å². The first kappa shape index (κ1) is 18.8. The Hall–Kier alpha value is -1.20. The van der Waals surface area contributed by atoms with Gasteiger partial charge in [0, 0.05) is 23.3 Å². The molecule has 0 spiro atoms. The minimum absolute atomic E-state index is 0. The Morgan fingerprint density at radius 2 is 1.45 bits per heavy atom. The molecule has 1 unspecified atom stereocenters. The summed E-state index contributed by atoms with van der Waals surface area (Å²) in [7, 11) is -0.366. The van der Waals surface area contributed by atoms with E-state index in [-0.39, 0.29) is 30.1 Å². The zero-order chi connectivity index (χ0) is 15.1. The van der Waals surface area contributed by atoms with Crippen molar-refractivity contribution in [2.45, 2.75) is 25.9 Å². The molecule has 122 valence electrons. The van der Waals surface area contributed by atoms with E-state index < -0.39 is 0 Å². The predicted molar refractivity (Wildman–Crippen MR) is 94.2 cm³/mol. The van der Waals surface area contributed by atoms with Crippen molar-refractivity contribution < 1.29 is 17.1 Å². The second-order valence-electron chi connectivity index (χ2n) is 5.80. The van der Waals surface area contributed by atoms with E-state index >= 15 is 0 Å². The van der Waals surface area contributed by atoms with Gasteiger partial charge in [0.2, 0.25) is 0 Å². The van der Waals surface area contributed by atoms with Crippen LogP contribution in [0.3, 0.4) is 0 Å². The number of hydrogen-bond acceptors (Lipinski definition) is 1. The summed E-state index contributed by atoms with van der Waals surface area (Å²) in [6.45, 7) is 6.88. The largest absolute Gasteiger partial charge is 0.748 e. The molecule has 22 heavy (non-hydrogen) atoms. The Balaban J connectivity index is 0.000000344. The quantitative estimate of drug-likeness (QED) is 0.378. The van der Waals surface area contributed by atoms with Gasteiger partial charge in [0.15, 0.2) is 0 Å². The normalized spacial score (nSPS) is 11.8. The number of pyridine rings is 1. The monoisotopic (exact) mass is 351 g/mol. The van der Waals surface area contributed by atoms with E-state index in [2.05, 4.69) is 62.2 Å². The van der Waals surface area contributed by atoms with Crippen LogP contribution in [0.15, 0.2) is 79.0 Å². The minimum atomic E-state index is -0.366. The van der Waals surface area contributed by atoms with Crippen LogP contribution >= 0.6 is 7.92 Å². The van der Waals surface area contributed by atoms with E-state index in [0.29, 0.717) is 0 Å². The molecule has 0 saturated carbocycles. The number of rotatable bonds is 2. The van der Waals surface area contributed by atoms with Gasteiger partial charge in [-0.1, -0.05) is 34.8 Å². The van der Waals surface area contributed by atoms with E-state index in [4.69, 9.17) is 0 Å². The Morgan fingerprint density at radius 1 is 0.909 bits per heavy atom.